The highest BCUT2D eigenvalue weighted by atomic mass is 16.5. The van der Waals surface area contributed by atoms with Crippen LogP contribution in [0.1, 0.15) is 45.4 Å². The van der Waals surface area contributed by atoms with Gasteiger partial charge in [0.05, 0.1) is 12.5 Å². The normalized spacial score (nSPS) is 18.0. The summed E-state index contributed by atoms with van der Waals surface area (Å²) in [5, 5.41) is 19.0. The molecule has 5 heteroatoms. The Morgan fingerprint density at radius 3 is 2.79 bits per heavy atom. The van der Waals surface area contributed by atoms with Crippen molar-refractivity contribution in [3.8, 4) is 5.75 Å². The number of carboxylic acid groups (broad SMARTS) is 1. The van der Waals surface area contributed by atoms with E-state index in [0.29, 0.717) is 32.1 Å². The van der Waals surface area contributed by atoms with E-state index in [4.69, 9.17) is 9.84 Å². The van der Waals surface area contributed by atoms with Crippen LogP contribution in [0.3, 0.4) is 0 Å². The third kappa shape index (κ3) is 7.18. The van der Waals surface area contributed by atoms with Gasteiger partial charge in [0.1, 0.15) is 17.6 Å². The van der Waals surface area contributed by atoms with Gasteiger partial charge in [0, 0.05) is 12.3 Å². The average molecular weight is 384 g/mol. The molecule has 1 aromatic carbocycles. The van der Waals surface area contributed by atoms with Crippen LogP contribution in [0.15, 0.2) is 59.9 Å². The highest BCUT2D eigenvalue weighted by Crippen LogP contribution is 2.31. The largest absolute Gasteiger partial charge is 0.488 e. The van der Waals surface area contributed by atoms with Gasteiger partial charge in [-0.25, -0.2) is 0 Å². The number of Topliss-reactive ketones (excluding diaryl/α,β-unsaturated/α-hetero) is 1. The van der Waals surface area contributed by atoms with Crippen molar-refractivity contribution in [2.75, 3.05) is 0 Å². The Labute approximate surface area is 166 Å². The summed E-state index contributed by atoms with van der Waals surface area (Å²) in [6.45, 7) is 1.84. The predicted octanol–water partition coefficient (Wildman–Crippen LogP) is 4.08. The quantitative estimate of drug-likeness (QED) is 0.444. The van der Waals surface area contributed by atoms with E-state index >= 15 is 0 Å². The summed E-state index contributed by atoms with van der Waals surface area (Å²) in [6.07, 6.45) is 7.23. The first-order chi connectivity index (χ1) is 13.5. The summed E-state index contributed by atoms with van der Waals surface area (Å²) in [7, 11) is 0. The van der Waals surface area contributed by atoms with Gasteiger partial charge in [-0.15, -0.1) is 5.73 Å². The molecule has 0 heterocycles. The fraction of sp³-hybridized carbons (Fsp3) is 0.435. The molecule has 5 nitrogen and oxygen atoms in total. The lowest BCUT2D eigenvalue weighted by Gasteiger charge is -2.21. The van der Waals surface area contributed by atoms with Crippen LogP contribution in [0.2, 0.25) is 0 Å². The van der Waals surface area contributed by atoms with Crippen LogP contribution in [-0.2, 0) is 9.59 Å². The lowest BCUT2D eigenvalue weighted by molar-refractivity contribution is -0.136. The van der Waals surface area contributed by atoms with Crippen LogP contribution in [0.25, 0.3) is 0 Å². The zero-order valence-corrected chi connectivity index (χ0v) is 16.2. The number of carbonyl (C=O) groups excluding carboxylic acids is 1. The molecule has 0 aliphatic heterocycles. The summed E-state index contributed by atoms with van der Waals surface area (Å²) in [4.78, 5) is 22.6. The number of ketones is 1. The number of aliphatic hydroxyl groups excluding tert-OH is 1. The molecule has 0 saturated heterocycles. The van der Waals surface area contributed by atoms with E-state index in [-0.39, 0.29) is 24.2 Å². The summed E-state index contributed by atoms with van der Waals surface area (Å²) >= 11 is 0. The van der Waals surface area contributed by atoms with Crippen molar-refractivity contribution >= 4 is 11.8 Å². The van der Waals surface area contributed by atoms with E-state index < -0.39 is 12.1 Å². The van der Waals surface area contributed by atoms with Crippen LogP contribution in [-0.4, -0.2) is 34.2 Å². The topological polar surface area (TPSA) is 83.8 Å². The molecule has 3 atom stereocenters. The Bertz CT molecular complexity index is 744. The zero-order chi connectivity index (χ0) is 20.4. The van der Waals surface area contributed by atoms with E-state index in [1.54, 1.807) is 6.08 Å². The first-order valence-corrected chi connectivity index (χ1v) is 9.70. The second kappa shape index (κ2) is 11.3. The van der Waals surface area contributed by atoms with Gasteiger partial charge >= 0.3 is 5.97 Å². The minimum atomic E-state index is -0.888. The molecule has 2 rings (SSSR count). The number of aliphatic carboxylic acids is 1. The van der Waals surface area contributed by atoms with Crippen molar-refractivity contribution in [2.45, 2.75) is 57.7 Å². The van der Waals surface area contributed by atoms with Crippen molar-refractivity contribution < 1.29 is 24.5 Å². The van der Waals surface area contributed by atoms with Gasteiger partial charge in [0.2, 0.25) is 0 Å². The molecule has 1 aliphatic rings. The molecule has 28 heavy (non-hydrogen) atoms. The number of allylic oxidation sites excluding steroid dienone is 2. The smallest absolute Gasteiger partial charge is 0.307 e. The molecule has 0 amide bonds. The van der Waals surface area contributed by atoms with Crippen LogP contribution < -0.4 is 4.74 Å². The van der Waals surface area contributed by atoms with E-state index in [1.807, 2.05) is 43.3 Å². The van der Waals surface area contributed by atoms with Gasteiger partial charge in [0.25, 0.3) is 0 Å². The molecule has 0 bridgehead atoms. The summed E-state index contributed by atoms with van der Waals surface area (Å²) < 4.78 is 5.76. The number of aliphatic hydroxyl groups is 1. The fourth-order valence-electron chi connectivity index (χ4n) is 3.25. The molecule has 0 radical (unpaired) electrons. The van der Waals surface area contributed by atoms with E-state index in [0.717, 1.165) is 11.3 Å². The maximum absolute atomic E-state index is 12.2. The van der Waals surface area contributed by atoms with Gasteiger partial charge in [-0.3, -0.25) is 9.59 Å². The molecule has 1 unspecified atom stereocenters. The first kappa shape index (κ1) is 21.7. The van der Waals surface area contributed by atoms with Crippen LogP contribution in [0.4, 0.5) is 0 Å². The van der Waals surface area contributed by atoms with Crippen molar-refractivity contribution in [3.05, 3.63) is 59.9 Å². The minimum absolute atomic E-state index is 0.0505. The maximum Gasteiger partial charge on any atom is 0.307 e. The Morgan fingerprint density at radius 2 is 2.07 bits per heavy atom. The lowest BCUT2D eigenvalue weighted by Crippen LogP contribution is -2.29. The van der Waals surface area contributed by atoms with Gasteiger partial charge in [0.15, 0.2) is 0 Å². The molecule has 150 valence electrons. The van der Waals surface area contributed by atoms with Gasteiger partial charge in [-0.1, -0.05) is 29.8 Å². The number of hydrogen-bond acceptors (Lipinski definition) is 4. The SMILES string of the molecule is CC(Oc1ccccc1)[C@@H](O)CCC1=CCC(=O)[C@@H]1CCC=C=CCC(=O)O. The Kier molecular flexibility index (Phi) is 8.73. The molecule has 0 fully saturated rings. The number of ether oxygens (including phenoxy) is 1. The molecule has 0 saturated carbocycles. The Balaban J connectivity index is 1.79. The number of hydrogen-bond donors (Lipinski definition) is 2. The Morgan fingerprint density at radius 1 is 1.32 bits per heavy atom. The first-order valence-electron chi connectivity index (χ1n) is 9.70. The second-order valence-corrected chi connectivity index (χ2v) is 6.99. The Hall–Kier alpha value is -2.62. The molecule has 1 aliphatic carbocycles. The standard InChI is InChI=1S/C23H28O5/c1-17(28-19-9-5-4-6-10-19)21(24)15-13-18-14-16-22(25)20(18)11-7-2-3-8-12-23(26)27/h2,4-6,8-10,14,17,20-21,24H,7,11-13,15-16H2,1H3,(H,26,27)/t3?,17?,20-,21+/m1/s1. The van der Waals surface area contributed by atoms with Crippen molar-refractivity contribution in [1.29, 1.82) is 0 Å². The number of para-hydroxylation sites is 1. The summed E-state index contributed by atoms with van der Waals surface area (Å²) in [6, 6.07) is 9.40. The monoisotopic (exact) mass is 384 g/mol. The van der Waals surface area contributed by atoms with Gasteiger partial charge in [-0.2, -0.15) is 0 Å². The van der Waals surface area contributed by atoms with E-state index in [9.17, 15) is 14.7 Å². The molecule has 0 spiro atoms. The van der Waals surface area contributed by atoms with Crippen molar-refractivity contribution in [3.63, 3.8) is 0 Å². The second-order valence-electron chi connectivity index (χ2n) is 6.99. The fourth-order valence-corrected chi connectivity index (χ4v) is 3.25. The predicted molar refractivity (Wildman–Crippen MR) is 107 cm³/mol. The molecule has 0 aromatic heterocycles. The van der Waals surface area contributed by atoms with E-state index in [2.05, 4.69) is 5.73 Å². The van der Waals surface area contributed by atoms with Crippen LogP contribution in [0.5, 0.6) is 5.75 Å². The van der Waals surface area contributed by atoms with E-state index in [1.165, 1.54) is 6.08 Å². The molecule has 2 N–H and O–H groups in total. The number of carbonyl (C=O) groups is 2. The molecular weight excluding hydrogens is 356 g/mol. The molecular formula is C23H28O5. The minimum Gasteiger partial charge on any atom is -0.488 e. The number of rotatable bonds is 11. The number of carboxylic acids is 1. The van der Waals surface area contributed by atoms with Crippen molar-refractivity contribution in [2.24, 2.45) is 5.92 Å². The van der Waals surface area contributed by atoms with Crippen LogP contribution in [0, 0.1) is 5.92 Å². The molecule has 1 aromatic rings. The van der Waals surface area contributed by atoms with Gasteiger partial charge in [-0.05, 0) is 56.9 Å². The maximum atomic E-state index is 12.2. The third-order valence-electron chi connectivity index (χ3n) is 4.85. The zero-order valence-electron chi connectivity index (χ0n) is 16.2. The highest BCUT2D eigenvalue weighted by Gasteiger charge is 2.27. The van der Waals surface area contributed by atoms with Gasteiger partial charge < -0.3 is 14.9 Å². The summed E-state index contributed by atoms with van der Waals surface area (Å²) in [5.74, 6) is -0.0675. The average Bonchev–Trinajstić information content (AvgIpc) is 3.02. The number of benzene rings is 1. The third-order valence-corrected chi connectivity index (χ3v) is 4.85. The highest BCUT2D eigenvalue weighted by molar-refractivity contribution is 5.88. The van der Waals surface area contributed by atoms with Crippen molar-refractivity contribution in [1.82, 2.24) is 0 Å². The van der Waals surface area contributed by atoms with Crippen LogP contribution >= 0.6 is 0 Å². The lowest BCUT2D eigenvalue weighted by atomic mass is 9.91. The summed E-state index contributed by atoms with van der Waals surface area (Å²) in [5.41, 5.74) is 3.92.